The number of ether oxygens (including phenoxy) is 1. The number of carbonyl (C=O) groups is 3. The molecule has 0 unspecified atom stereocenters. The SMILES string of the molecule is CCCO[C@H]1C[C@@H](C(=O)NCCCc2ncc[nH]2)CC[C@@H]1NC1CCCC1.O=CO.O=CO. The monoisotopic (exact) mass is 468 g/mol. The molecule has 0 saturated heterocycles. The predicted octanol–water partition coefficient (Wildman–Crippen LogP) is 2.36. The van der Waals surface area contributed by atoms with Crippen LogP contribution in [0, 0.1) is 5.92 Å². The molecule has 1 aromatic rings. The molecule has 1 amide bonds. The molecule has 10 heteroatoms. The Bertz CT molecular complexity index is 631. The first-order valence-electron chi connectivity index (χ1n) is 11.9. The van der Waals surface area contributed by atoms with E-state index >= 15 is 0 Å². The van der Waals surface area contributed by atoms with E-state index in [-0.39, 0.29) is 30.9 Å². The van der Waals surface area contributed by atoms with Gasteiger partial charge in [-0.3, -0.25) is 14.4 Å². The largest absolute Gasteiger partial charge is 0.483 e. The number of imidazole rings is 1. The van der Waals surface area contributed by atoms with Gasteiger partial charge < -0.3 is 30.6 Å². The third kappa shape index (κ3) is 11.8. The van der Waals surface area contributed by atoms with Crippen LogP contribution in [0.15, 0.2) is 12.4 Å². The topological polar surface area (TPSA) is 154 Å². The standard InChI is InChI=1S/C21H36N4O2.2CH2O2/c1-2-14-27-19-15-16(9-10-18(19)25-17-6-3-4-7-17)21(26)24-11-5-8-20-22-12-13-23-20;2*2-1-3/h12-13,16-19,25H,2-11,14-15H2,1H3,(H,22,23)(H,24,26);2*1H,(H,2,3)/t16-,18-,19-;;/m0../s1. The fourth-order valence-electron chi connectivity index (χ4n) is 4.45. The molecule has 188 valence electrons. The van der Waals surface area contributed by atoms with Gasteiger partial charge in [0.2, 0.25) is 5.91 Å². The maximum absolute atomic E-state index is 12.6. The van der Waals surface area contributed by atoms with Crippen LogP contribution in [0.1, 0.15) is 70.5 Å². The Labute approximate surface area is 195 Å². The van der Waals surface area contributed by atoms with Crippen molar-refractivity contribution in [3.05, 3.63) is 18.2 Å². The molecule has 0 radical (unpaired) electrons. The summed E-state index contributed by atoms with van der Waals surface area (Å²) in [4.78, 5) is 36.7. The smallest absolute Gasteiger partial charge is 0.290 e. The molecule has 3 rings (SSSR count). The van der Waals surface area contributed by atoms with Crippen molar-refractivity contribution in [2.24, 2.45) is 5.92 Å². The summed E-state index contributed by atoms with van der Waals surface area (Å²) in [5.74, 6) is 1.26. The molecule has 1 aromatic heterocycles. The zero-order valence-electron chi connectivity index (χ0n) is 19.6. The Kier molecular flexibility index (Phi) is 15.6. The average Bonchev–Trinajstić information content (AvgIpc) is 3.51. The zero-order chi connectivity index (χ0) is 24.3. The molecular formula is C23H40N4O6. The highest BCUT2D eigenvalue weighted by molar-refractivity contribution is 5.78. The number of aryl methyl sites for hydroxylation is 1. The van der Waals surface area contributed by atoms with Crippen molar-refractivity contribution < 1.29 is 29.3 Å². The number of hydrogen-bond acceptors (Lipinski definition) is 6. The molecule has 10 nitrogen and oxygen atoms in total. The molecule has 5 N–H and O–H groups in total. The van der Waals surface area contributed by atoms with E-state index in [1.807, 2.05) is 6.20 Å². The summed E-state index contributed by atoms with van der Waals surface area (Å²) in [6.07, 6.45) is 14.7. The fraction of sp³-hybridized carbons (Fsp3) is 0.739. The molecule has 0 bridgehead atoms. The third-order valence-corrected chi connectivity index (χ3v) is 5.95. The van der Waals surface area contributed by atoms with Gasteiger partial charge in [-0.25, -0.2) is 4.98 Å². The van der Waals surface area contributed by atoms with E-state index in [0.29, 0.717) is 18.6 Å². The van der Waals surface area contributed by atoms with Gasteiger partial charge in [0.05, 0.1) is 6.10 Å². The van der Waals surface area contributed by atoms with Crippen LogP contribution in [0.25, 0.3) is 0 Å². The van der Waals surface area contributed by atoms with Gasteiger partial charge in [-0.1, -0.05) is 19.8 Å². The molecule has 2 aliphatic carbocycles. The first kappa shape index (κ1) is 28.6. The van der Waals surface area contributed by atoms with Crippen LogP contribution >= 0.6 is 0 Å². The van der Waals surface area contributed by atoms with Gasteiger partial charge in [0.1, 0.15) is 5.82 Å². The highest BCUT2D eigenvalue weighted by Gasteiger charge is 2.35. The van der Waals surface area contributed by atoms with Gasteiger partial charge in [-0.15, -0.1) is 0 Å². The molecule has 0 aliphatic heterocycles. The number of hydrogen-bond donors (Lipinski definition) is 5. The number of aromatic amines is 1. The Morgan fingerprint density at radius 2 is 1.91 bits per heavy atom. The van der Waals surface area contributed by atoms with Crippen molar-refractivity contribution in [1.29, 1.82) is 0 Å². The summed E-state index contributed by atoms with van der Waals surface area (Å²) < 4.78 is 6.16. The van der Waals surface area contributed by atoms with Gasteiger partial charge in [-0.05, 0) is 44.9 Å². The molecule has 1 heterocycles. The maximum Gasteiger partial charge on any atom is 0.290 e. The summed E-state index contributed by atoms with van der Waals surface area (Å²) in [5.41, 5.74) is 0. The van der Waals surface area contributed by atoms with Crippen LogP contribution in [0.4, 0.5) is 0 Å². The quantitative estimate of drug-likeness (QED) is 0.259. The summed E-state index contributed by atoms with van der Waals surface area (Å²) >= 11 is 0. The molecule has 33 heavy (non-hydrogen) atoms. The van der Waals surface area contributed by atoms with Crippen LogP contribution in [-0.4, -0.2) is 70.4 Å². The Morgan fingerprint density at radius 3 is 2.52 bits per heavy atom. The Morgan fingerprint density at radius 1 is 1.21 bits per heavy atom. The second-order valence-electron chi connectivity index (χ2n) is 8.32. The minimum Gasteiger partial charge on any atom is -0.483 e. The van der Waals surface area contributed by atoms with Gasteiger partial charge in [0, 0.05) is 50.0 Å². The average molecular weight is 469 g/mol. The second-order valence-corrected chi connectivity index (χ2v) is 8.32. The number of carboxylic acid groups (broad SMARTS) is 2. The van der Waals surface area contributed by atoms with Crippen molar-refractivity contribution in [3.8, 4) is 0 Å². The molecule has 0 aromatic carbocycles. The minimum atomic E-state index is -0.250. The Hall–Kier alpha value is -2.46. The summed E-state index contributed by atoms with van der Waals surface area (Å²) in [7, 11) is 0. The van der Waals surface area contributed by atoms with Gasteiger partial charge >= 0.3 is 0 Å². The van der Waals surface area contributed by atoms with Gasteiger partial charge in [0.15, 0.2) is 0 Å². The van der Waals surface area contributed by atoms with E-state index in [0.717, 1.165) is 51.0 Å². The van der Waals surface area contributed by atoms with Crippen molar-refractivity contribution in [2.45, 2.75) is 89.3 Å². The fourth-order valence-corrected chi connectivity index (χ4v) is 4.45. The molecular weight excluding hydrogens is 428 g/mol. The highest BCUT2D eigenvalue weighted by Crippen LogP contribution is 2.29. The van der Waals surface area contributed by atoms with Gasteiger partial charge in [-0.2, -0.15) is 0 Å². The normalized spacial score (nSPS) is 22.3. The van der Waals surface area contributed by atoms with E-state index in [1.54, 1.807) is 6.20 Å². The van der Waals surface area contributed by atoms with Gasteiger partial charge in [0.25, 0.3) is 12.9 Å². The zero-order valence-corrected chi connectivity index (χ0v) is 19.6. The molecule has 3 atom stereocenters. The number of nitrogens with zero attached hydrogens (tertiary/aromatic N) is 1. The van der Waals surface area contributed by atoms with Crippen LogP contribution < -0.4 is 10.6 Å². The molecule has 2 fully saturated rings. The summed E-state index contributed by atoms with van der Waals surface area (Å²) in [6.45, 7) is 3.14. The van der Waals surface area contributed by atoms with E-state index in [1.165, 1.54) is 25.7 Å². The van der Waals surface area contributed by atoms with E-state index in [2.05, 4.69) is 27.5 Å². The lowest BCUT2D eigenvalue weighted by Crippen LogP contribution is -2.51. The molecule has 2 saturated carbocycles. The van der Waals surface area contributed by atoms with Crippen LogP contribution in [0.5, 0.6) is 0 Å². The summed E-state index contributed by atoms with van der Waals surface area (Å²) in [6, 6.07) is 1.05. The number of amides is 1. The van der Waals surface area contributed by atoms with Crippen LogP contribution in [0.3, 0.4) is 0 Å². The number of nitrogens with one attached hydrogen (secondary N) is 3. The molecule has 2 aliphatic rings. The van der Waals surface area contributed by atoms with E-state index in [4.69, 9.17) is 24.5 Å². The van der Waals surface area contributed by atoms with Crippen molar-refractivity contribution in [1.82, 2.24) is 20.6 Å². The molecule has 0 spiro atoms. The van der Waals surface area contributed by atoms with Crippen molar-refractivity contribution in [2.75, 3.05) is 13.2 Å². The lowest BCUT2D eigenvalue weighted by atomic mass is 9.82. The van der Waals surface area contributed by atoms with E-state index < -0.39 is 0 Å². The number of aromatic nitrogens is 2. The first-order chi connectivity index (χ1) is 16.1. The third-order valence-electron chi connectivity index (χ3n) is 5.95. The van der Waals surface area contributed by atoms with Crippen molar-refractivity contribution in [3.63, 3.8) is 0 Å². The second kappa shape index (κ2) is 18.0. The van der Waals surface area contributed by atoms with E-state index in [9.17, 15) is 4.79 Å². The summed E-state index contributed by atoms with van der Waals surface area (Å²) in [5, 5.41) is 20.7. The first-order valence-corrected chi connectivity index (χ1v) is 11.9. The highest BCUT2D eigenvalue weighted by atomic mass is 16.5. The predicted molar refractivity (Wildman–Crippen MR) is 124 cm³/mol. The van der Waals surface area contributed by atoms with Crippen LogP contribution in [-0.2, 0) is 25.5 Å². The number of carbonyl (C=O) groups excluding carboxylic acids is 1. The van der Waals surface area contributed by atoms with Crippen LogP contribution in [0.2, 0.25) is 0 Å². The lowest BCUT2D eigenvalue weighted by molar-refractivity contribution is -0.128. The lowest BCUT2D eigenvalue weighted by Gasteiger charge is -2.37. The maximum atomic E-state index is 12.6. The van der Waals surface area contributed by atoms with Crippen molar-refractivity contribution >= 4 is 18.9 Å². The minimum absolute atomic E-state index is 0.0806. The number of H-pyrrole nitrogens is 1. The number of rotatable bonds is 10. The Balaban J connectivity index is 0.000000819.